The third kappa shape index (κ3) is 2.24. The van der Waals surface area contributed by atoms with Gasteiger partial charge in [-0.15, -0.1) is 0 Å². The Balaban J connectivity index is 1.85. The van der Waals surface area contributed by atoms with E-state index in [4.69, 9.17) is 0 Å². The first-order valence-electron chi connectivity index (χ1n) is 6.60. The molecule has 0 N–H and O–H groups in total. The molecular weight excluding hydrogens is 232 g/mol. The van der Waals surface area contributed by atoms with E-state index in [1.165, 1.54) is 5.56 Å². The molecule has 0 spiro atoms. The first kappa shape index (κ1) is 11.9. The Bertz CT molecular complexity index is 625. The van der Waals surface area contributed by atoms with Crippen molar-refractivity contribution in [3.8, 4) is 0 Å². The molecule has 0 saturated carbocycles. The summed E-state index contributed by atoms with van der Waals surface area (Å²) in [4.78, 5) is 12.5. The van der Waals surface area contributed by atoms with Crippen LogP contribution in [0.2, 0.25) is 0 Å². The summed E-state index contributed by atoms with van der Waals surface area (Å²) in [6, 6.07) is 18.1. The summed E-state index contributed by atoms with van der Waals surface area (Å²) in [7, 11) is 0. The van der Waals surface area contributed by atoms with Crippen LogP contribution in [0.25, 0.3) is 0 Å². The van der Waals surface area contributed by atoms with Crippen LogP contribution >= 0.6 is 0 Å². The number of aryl methyl sites for hydroxylation is 1. The van der Waals surface area contributed by atoms with E-state index in [2.05, 4.69) is 18.2 Å². The van der Waals surface area contributed by atoms with Crippen LogP contribution in [0.4, 0.5) is 0 Å². The van der Waals surface area contributed by atoms with Crippen molar-refractivity contribution in [2.75, 3.05) is 0 Å². The van der Waals surface area contributed by atoms with Crippen LogP contribution in [0.1, 0.15) is 27.4 Å². The lowest BCUT2D eigenvalue weighted by Crippen LogP contribution is -2.25. The van der Waals surface area contributed by atoms with Crippen LogP contribution in [-0.4, -0.2) is 5.78 Å². The van der Waals surface area contributed by atoms with E-state index in [1.54, 1.807) is 0 Å². The van der Waals surface area contributed by atoms with Crippen LogP contribution in [0.5, 0.6) is 0 Å². The van der Waals surface area contributed by atoms with E-state index in [0.717, 1.165) is 11.1 Å². The van der Waals surface area contributed by atoms with Crippen molar-refractivity contribution in [2.45, 2.75) is 12.8 Å². The number of benzene rings is 2. The maximum atomic E-state index is 12.5. The highest BCUT2D eigenvalue weighted by atomic mass is 16.1. The normalized spacial score (nSPS) is 20.9. The quantitative estimate of drug-likeness (QED) is 0.589. The first-order chi connectivity index (χ1) is 9.25. The topological polar surface area (TPSA) is 17.1 Å². The Morgan fingerprint density at radius 3 is 2.37 bits per heavy atom. The molecule has 1 heteroatoms. The van der Waals surface area contributed by atoms with Crippen LogP contribution < -0.4 is 0 Å². The van der Waals surface area contributed by atoms with Gasteiger partial charge in [0.25, 0.3) is 0 Å². The lowest BCUT2D eigenvalue weighted by atomic mass is 9.73. The van der Waals surface area contributed by atoms with Crippen molar-refractivity contribution in [1.29, 1.82) is 0 Å². The fraction of sp³-hybridized carbons (Fsp3) is 0.167. The Morgan fingerprint density at radius 2 is 1.74 bits per heavy atom. The maximum Gasteiger partial charge on any atom is 0.170 e. The SMILES string of the molecule is Cc1cccc(C(=O)[C@@H]2C=C[C@@H]2c2ccccc2)c1. The minimum absolute atomic E-state index is 0.0100. The fourth-order valence-electron chi connectivity index (χ4n) is 2.57. The summed E-state index contributed by atoms with van der Waals surface area (Å²) < 4.78 is 0. The molecule has 2 aromatic rings. The zero-order valence-corrected chi connectivity index (χ0v) is 10.9. The van der Waals surface area contributed by atoms with E-state index < -0.39 is 0 Å². The van der Waals surface area contributed by atoms with E-state index in [-0.39, 0.29) is 17.6 Å². The third-order valence-electron chi connectivity index (χ3n) is 3.70. The fourth-order valence-corrected chi connectivity index (χ4v) is 2.57. The molecule has 0 amide bonds. The van der Waals surface area contributed by atoms with Crippen LogP contribution in [0.3, 0.4) is 0 Å². The predicted molar refractivity (Wildman–Crippen MR) is 77.3 cm³/mol. The Labute approximate surface area is 113 Å². The molecule has 1 aliphatic rings. The number of hydrogen-bond acceptors (Lipinski definition) is 1. The van der Waals surface area contributed by atoms with E-state index in [9.17, 15) is 4.79 Å². The molecule has 1 aliphatic carbocycles. The van der Waals surface area contributed by atoms with Gasteiger partial charge in [-0.25, -0.2) is 0 Å². The highest BCUT2D eigenvalue weighted by Gasteiger charge is 2.32. The molecule has 0 unspecified atom stereocenters. The largest absolute Gasteiger partial charge is 0.293 e. The van der Waals surface area contributed by atoms with Gasteiger partial charge in [-0.05, 0) is 18.6 Å². The maximum absolute atomic E-state index is 12.5. The molecule has 0 radical (unpaired) electrons. The third-order valence-corrected chi connectivity index (χ3v) is 3.70. The van der Waals surface area contributed by atoms with Crippen molar-refractivity contribution in [2.24, 2.45) is 5.92 Å². The Hall–Kier alpha value is -2.15. The molecule has 0 saturated heterocycles. The smallest absolute Gasteiger partial charge is 0.170 e. The number of allylic oxidation sites excluding steroid dienone is 2. The van der Waals surface area contributed by atoms with Crippen LogP contribution in [-0.2, 0) is 0 Å². The van der Waals surface area contributed by atoms with Gasteiger partial charge in [-0.2, -0.15) is 0 Å². The van der Waals surface area contributed by atoms with E-state index in [0.29, 0.717) is 0 Å². The standard InChI is InChI=1S/C18H16O/c1-13-6-5-9-15(12-13)18(19)17-11-10-16(17)14-7-3-2-4-8-14/h2-12,16-17H,1H3/t16-,17-/m1/s1. The molecule has 0 fully saturated rings. The number of rotatable bonds is 3. The number of Topliss-reactive ketones (excluding diaryl/α,β-unsaturated/α-hetero) is 1. The molecule has 0 bridgehead atoms. The summed E-state index contributed by atoms with van der Waals surface area (Å²) in [5, 5.41) is 0. The lowest BCUT2D eigenvalue weighted by molar-refractivity contribution is 0.0927. The van der Waals surface area contributed by atoms with Crippen molar-refractivity contribution in [1.82, 2.24) is 0 Å². The number of hydrogen-bond donors (Lipinski definition) is 0. The highest BCUT2D eigenvalue weighted by Crippen LogP contribution is 2.37. The number of carbonyl (C=O) groups is 1. The van der Waals surface area contributed by atoms with Crippen molar-refractivity contribution >= 4 is 5.78 Å². The van der Waals surface area contributed by atoms with Gasteiger partial charge in [0, 0.05) is 11.5 Å². The molecular formula is C18H16O. The second kappa shape index (κ2) is 4.85. The van der Waals surface area contributed by atoms with E-state index >= 15 is 0 Å². The molecule has 1 nitrogen and oxygen atoms in total. The Morgan fingerprint density at radius 1 is 0.947 bits per heavy atom. The molecule has 2 aromatic carbocycles. The molecule has 0 aromatic heterocycles. The average molecular weight is 248 g/mol. The minimum atomic E-state index is -0.0100. The molecule has 0 heterocycles. The van der Waals surface area contributed by atoms with E-state index in [1.807, 2.05) is 55.5 Å². The van der Waals surface area contributed by atoms with Gasteiger partial charge < -0.3 is 0 Å². The Kier molecular flexibility index (Phi) is 3.04. The average Bonchev–Trinajstić information content (AvgIpc) is 2.38. The van der Waals surface area contributed by atoms with Gasteiger partial charge in [0.05, 0.1) is 5.92 Å². The van der Waals surface area contributed by atoms with Gasteiger partial charge in [0.2, 0.25) is 0 Å². The molecule has 2 atom stereocenters. The lowest BCUT2D eigenvalue weighted by Gasteiger charge is -2.28. The summed E-state index contributed by atoms with van der Waals surface area (Å²) in [5.74, 6) is 0.443. The number of carbonyl (C=O) groups excluding carboxylic acids is 1. The second-order valence-corrected chi connectivity index (χ2v) is 5.08. The minimum Gasteiger partial charge on any atom is -0.293 e. The molecule has 3 rings (SSSR count). The second-order valence-electron chi connectivity index (χ2n) is 5.08. The van der Waals surface area contributed by atoms with Crippen molar-refractivity contribution in [3.05, 3.63) is 83.4 Å². The summed E-state index contributed by atoms with van der Waals surface area (Å²) in [6.07, 6.45) is 4.13. The zero-order chi connectivity index (χ0) is 13.2. The number of ketones is 1. The van der Waals surface area contributed by atoms with Gasteiger partial charge in [-0.3, -0.25) is 4.79 Å². The van der Waals surface area contributed by atoms with Crippen molar-refractivity contribution in [3.63, 3.8) is 0 Å². The molecule has 19 heavy (non-hydrogen) atoms. The zero-order valence-electron chi connectivity index (χ0n) is 10.9. The predicted octanol–water partition coefficient (Wildman–Crippen LogP) is 4.15. The summed E-state index contributed by atoms with van der Waals surface area (Å²) >= 11 is 0. The van der Waals surface area contributed by atoms with Crippen molar-refractivity contribution < 1.29 is 4.79 Å². The van der Waals surface area contributed by atoms with Gasteiger partial charge in [0.15, 0.2) is 5.78 Å². The molecule has 94 valence electrons. The summed E-state index contributed by atoms with van der Waals surface area (Å²) in [5.41, 5.74) is 3.16. The van der Waals surface area contributed by atoms with Crippen LogP contribution in [0, 0.1) is 12.8 Å². The molecule has 0 aliphatic heterocycles. The summed E-state index contributed by atoms with van der Waals surface area (Å²) in [6.45, 7) is 2.02. The monoisotopic (exact) mass is 248 g/mol. The first-order valence-corrected chi connectivity index (χ1v) is 6.60. The van der Waals surface area contributed by atoms with Gasteiger partial charge in [0.1, 0.15) is 0 Å². The van der Waals surface area contributed by atoms with Gasteiger partial charge >= 0.3 is 0 Å². The highest BCUT2D eigenvalue weighted by molar-refractivity contribution is 6.00. The van der Waals surface area contributed by atoms with Gasteiger partial charge in [-0.1, -0.05) is 66.2 Å². The van der Waals surface area contributed by atoms with Crippen LogP contribution in [0.15, 0.2) is 66.7 Å².